The maximum atomic E-state index is 12.1. The maximum absolute atomic E-state index is 12.1. The van der Waals surface area contributed by atoms with Gasteiger partial charge in [0.25, 0.3) is 5.56 Å². The van der Waals surface area contributed by atoms with E-state index in [-0.39, 0.29) is 5.56 Å². The Hall–Kier alpha value is -2.66. The Morgan fingerprint density at radius 1 is 1.26 bits per heavy atom. The number of hydrogen-bond acceptors (Lipinski definition) is 7. The van der Waals surface area contributed by atoms with Gasteiger partial charge < -0.3 is 20.6 Å². The van der Waals surface area contributed by atoms with Gasteiger partial charge in [0.15, 0.2) is 0 Å². The zero-order valence-corrected chi connectivity index (χ0v) is 16.4. The summed E-state index contributed by atoms with van der Waals surface area (Å²) in [5, 5.41) is 14.4. The third-order valence-corrected chi connectivity index (χ3v) is 6.20. The Labute approximate surface area is 165 Å². The summed E-state index contributed by atoms with van der Waals surface area (Å²) < 4.78 is 2.37. The number of piperazine rings is 1. The van der Waals surface area contributed by atoms with E-state index in [1.54, 1.807) is 10.6 Å². The number of amides is 1. The molecular weight excluding hydrogens is 436 g/mol. The van der Waals surface area contributed by atoms with Crippen LogP contribution < -0.4 is 16.2 Å². The minimum atomic E-state index is -0.936. The molecule has 0 spiro atoms. The molecule has 1 aliphatic heterocycles. The third kappa shape index (κ3) is 3.23. The van der Waals surface area contributed by atoms with Crippen LogP contribution in [0.3, 0.4) is 0 Å². The van der Waals surface area contributed by atoms with Gasteiger partial charge in [-0.2, -0.15) is 14.6 Å². The topological polar surface area (TPSA) is 117 Å². The molecule has 0 bridgehead atoms. The summed E-state index contributed by atoms with van der Waals surface area (Å²) in [6.07, 6.45) is -0.936. The summed E-state index contributed by atoms with van der Waals surface area (Å²) in [4.78, 5) is 31.0. The van der Waals surface area contributed by atoms with Crippen molar-refractivity contribution < 1.29 is 9.90 Å². The molecule has 0 radical (unpaired) electrons. The molecule has 0 atom stereocenters. The van der Waals surface area contributed by atoms with Crippen LogP contribution in [-0.2, 0) is 0 Å². The van der Waals surface area contributed by atoms with E-state index in [4.69, 9.17) is 10.8 Å². The molecule has 0 unspecified atom stereocenters. The fourth-order valence-corrected chi connectivity index (χ4v) is 4.49. The molecule has 0 saturated carbocycles. The molecule has 3 heterocycles. The van der Waals surface area contributed by atoms with E-state index in [0.29, 0.717) is 47.7 Å². The van der Waals surface area contributed by atoms with Crippen molar-refractivity contribution in [3.63, 3.8) is 0 Å². The second-order valence-corrected chi connectivity index (χ2v) is 7.77. The average Bonchev–Trinajstić information content (AvgIpc) is 3.07. The monoisotopic (exact) mass is 450 g/mol. The molecule has 1 amide bonds. The lowest BCUT2D eigenvalue weighted by molar-refractivity contribution is 0.142. The van der Waals surface area contributed by atoms with E-state index in [1.807, 2.05) is 17.0 Å². The van der Waals surface area contributed by atoms with Crippen molar-refractivity contribution in [2.45, 2.75) is 0 Å². The molecule has 3 N–H and O–H groups in total. The number of rotatable bonds is 2. The first-order valence-electron chi connectivity index (χ1n) is 8.12. The molecule has 140 valence electrons. The fourth-order valence-electron chi connectivity index (χ4n) is 2.98. The molecule has 27 heavy (non-hydrogen) atoms. The molecule has 9 nitrogen and oxygen atoms in total. The Bertz CT molecular complexity index is 1090. The summed E-state index contributed by atoms with van der Waals surface area (Å²) in [6, 6.07) is 6.95. The standard InChI is InChI=1S/C16H15BrN6O3S/c17-13-9(2-1-3-10(13)18)14-20-23-12(8-11(24)19-15(23)27-14)21-4-6-22(7-5-21)16(25)26/h1-3,8H,4-7,18H2,(H,25,26). The molecular formula is C16H15BrN6O3S. The van der Waals surface area contributed by atoms with Crippen LogP contribution in [0.15, 0.2) is 33.5 Å². The second kappa shape index (κ2) is 6.82. The summed E-state index contributed by atoms with van der Waals surface area (Å²) in [5.41, 5.74) is 7.02. The van der Waals surface area contributed by atoms with Crippen LogP contribution >= 0.6 is 27.3 Å². The van der Waals surface area contributed by atoms with Gasteiger partial charge in [0.05, 0.1) is 4.47 Å². The van der Waals surface area contributed by atoms with Crippen LogP contribution in [0, 0.1) is 0 Å². The molecule has 1 fully saturated rings. The first kappa shape index (κ1) is 17.7. The quantitative estimate of drug-likeness (QED) is 0.572. The summed E-state index contributed by atoms with van der Waals surface area (Å²) in [6.45, 7) is 1.69. The van der Waals surface area contributed by atoms with Crippen LogP contribution in [0.25, 0.3) is 15.5 Å². The Morgan fingerprint density at radius 2 is 2.00 bits per heavy atom. The molecule has 1 aromatic carbocycles. The van der Waals surface area contributed by atoms with Crippen molar-refractivity contribution in [3.8, 4) is 10.6 Å². The highest BCUT2D eigenvalue weighted by atomic mass is 79.9. The van der Waals surface area contributed by atoms with Gasteiger partial charge in [-0.05, 0) is 22.0 Å². The first-order valence-corrected chi connectivity index (χ1v) is 9.73. The van der Waals surface area contributed by atoms with Gasteiger partial charge in [-0.3, -0.25) is 4.79 Å². The summed E-state index contributed by atoms with van der Waals surface area (Å²) in [7, 11) is 0. The van der Waals surface area contributed by atoms with Crippen LogP contribution in [0.5, 0.6) is 0 Å². The van der Waals surface area contributed by atoms with Gasteiger partial charge >= 0.3 is 6.09 Å². The number of fused-ring (bicyclic) bond motifs is 1. The number of carboxylic acid groups (broad SMARTS) is 1. The van der Waals surface area contributed by atoms with E-state index >= 15 is 0 Å². The fraction of sp³-hybridized carbons (Fsp3) is 0.250. The lowest BCUT2D eigenvalue weighted by atomic mass is 10.2. The van der Waals surface area contributed by atoms with E-state index in [9.17, 15) is 9.59 Å². The predicted octanol–water partition coefficient (Wildman–Crippen LogP) is 1.96. The van der Waals surface area contributed by atoms with Crippen molar-refractivity contribution in [2.75, 3.05) is 36.8 Å². The summed E-state index contributed by atoms with van der Waals surface area (Å²) >= 11 is 4.78. The minimum Gasteiger partial charge on any atom is -0.465 e. The average molecular weight is 451 g/mol. The van der Waals surface area contributed by atoms with Crippen LogP contribution in [0.1, 0.15) is 0 Å². The largest absolute Gasteiger partial charge is 0.465 e. The third-order valence-electron chi connectivity index (χ3n) is 4.37. The van der Waals surface area contributed by atoms with Crippen molar-refractivity contribution in [2.24, 2.45) is 0 Å². The molecule has 0 aliphatic carbocycles. The van der Waals surface area contributed by atoms with E-state index in [0.717, 1.165) is 10.0 Å². The second-order valence-electron chi connectivity index (χ2n) is 6.02. The minimum absolute atomic E-state index is 0.354. The lowest BCUT2D eigenvalue weighted by Gasteiger charge is -2.34. The van der Waals surface area contributed by atoms with Crippen LogP contribution in [0.2, 0.25) is 0 Å². The summed E-state index contributed by atoms with van der Waals surface area (Å²) in [5.74, 6) is 0.609. The Kier molecular flexibility index (Phi) is 4.48. The lowest BCUT2D eigenvalue weighted by Crippen LogP contribution is -2.49. The number of aromatic nitrogens is 3. The zero-order chi connectivity index (χ0) is 19.1. The van der Waals surface area contributed by atoms with Gasteiger partial charge in [-0.25, -0.2) is 4.79 Å². The SMILES string of the molecule is Nc1cccc(-c2nn3c(N4CCN(C(=O)O)CC4)cc(=O)nc3s2)c1Br. The Balaban J connectivity index is 1.76. The van der Waals surface area contributed by atoms with Crippen LogP contribution in [-0.4, -0.2) is 56.9 Å². The first-order chi connectivity index (χ1) is 12.9. The zero-order valence-electron chi connectivity index (χ0n) is 14.0. The van der Waals surface area contributed by atoms with Gasteiger partial charge in [0, 0.05) is 43.5 Å². The van der Waals surface area contributed by atoms with Gasteiger partial charge in [0.1, 0.15) is 10.8 Å². The maximum Gasteiger partial charge on any atom is 0.407 e. The molecule has 4 rings (SSSR count). The number of hydrogen-bond donors (Lipinski definition) is 2. The van der Waals surface area contributed by atoms with E-state index in [2.05, 4.69) is 26.0 Å². The van der Waals surface area contributed by atoms with Crippen LogP contribution in [0.4, 0.5) is 16.3 Å². The highest BCUT2D eigenvalue weighted by Crippen LogP contribution is 2.35. The number of halogens is 1. The highest BCUT2D eigenvalue weighted by Gasteiger charge is 2.24. The Morgan fingerprint density at radius 3 is 2.70 bits per heavy atom. The van der Waals surface area contributed by atoms with E-state index < -0.39 is 6.09 Å². The van der Waals surface area contributed by atoms with Gasteiger partial charge in [0.2, 0.25) is 4.96 Å². The molecule has 2 aromatic heterocycles. The smallest absolute Gasteiger partial charge is 0.407 e. The number of benzene rings is 1. The molecule has 1 aliphatic rings. The molecule has 3 aromatic rings. The van der Waals surface area contributed by atoms with Gasteiger partial charge in [-0.1, -0.05) is 23.5 Å². The van der Waals surface area contributed by atoms with Crippen molar-refractivity contribution in [3.05, 3.63) is 39.1 Å². The number of nitrogen functional groups attached to an aromatic ring is 1. The van der Waals surface area contributed by atoms with Crippen molar-refractivity contribution in [1.82, 2.24) is 19.5 Å². The predicted molar refractivity (Wildman–Crippen MR) is 106 cm³/mol. The normalized spacial score (nSPS) is 14.7. The van der Waals surface area contributed by atoms with Crippen molar-refractivity contribution >= 4 is 49.8 Å². The number of nitrogens with zero attached hydrogens (tertiary/aromatic N) is 5. The van der Waals surface area contributed by atoms with Gasteiger partial charge in [-0.15, -0.1) is 0 Å². The molecule has 11 heteroatoms. The number of anilines is 2. The number of nitrogens with two attached hydrogens (primary N) is 1. The van der Waals surface area contributed by atoms with E-state index in [1.165, 1.54) is 22.3 Å². The molecule has 1 saturated heterocycles. The highest BCUT2D eigenvalue weighted by molar-refractivity contribution is 9.10. The number of carbonyl (C=O) groups is 1. The van der Waals surface area contributed by atoms with Crippen molar-refractivity contribution in [1.29, 1.82) is 0 Å².